The zero-order valence-electron chi connectivity index (χ0n) is 9.86. The summed E-state index contributed by atoms with van der Waals surface area (Å²) in [5.74, 6) is 0. The summed E-state index contributed by atoms with van der Waals surface area (Å²) in [5.41, 5.74) is 2.56. The normalized spacial score (nSPS) is 17.5. The first-order chi connectivity index (χ1) is 8.33. The standard InChI is InChI=1S/C14H14ClNS.ClH/c15-12-4-2-1-3-10(12)9-11-5-6-14-13(16-11)7-8-17-14;/h1-4,7-8,11,16H,5-6,9H2;1H. The highest BCUT2D eigenvalue weighted by Crippen LogP contribution is 2.31. The maximum atomic E-state index is 6.20. The van der Waals surface area contributed by atoms with Gasteiger partial charge in [-0.1, -0.05) is 29.8 Å². The van der Waals surface area contributed by atoms with Crippen molar-refractivity contribution in [3.05, 3.63) is 51.2 Å². The van der Waals surface area contributed by atoms with Gasteiger partial charge in [0.2, 0.25) is 0 Å². The lowest BCUT2D eigenvalue weighted by Gasteiger charge is -2.25. The highest BCUT2D eigenvalue weighted by atomic mass is 35.5. The molecule has 0 saturated heterocycles. The highest BCUT2D eigenvalue weighted by molar-refractivity contribution is 7.10. The largest absolute Gasteiger partial charge is 0.381 e. The van der Waals surface area contributed by atoms with Crippen molar-refractivity contribution in [3.63, 3.8) is 0 Å². The lowest BCUT2D eigenvalue weighted by Crippen LogP contribution is -2.26. The van der Waals surface area contributed by atoms with E-state index in [0.29, 0.717) is 6.04 Å². The molecule has 96 valence electrons. The fourth-order valence-electron chi connectivity index (χ4n) is 2.34. The van der Waals surface area contributed by atoms with Gasteiger partial charge in [-0.3, -0.25) is 0 Å². The van der Waals surface area contributed by atoms with E-state index in [-0.39, 0.29) is 12.4 Å². The summed E-state index contributed by atoms with van der Waals surface area (Å²) in [6.45, 7) is 0. The lowest BCUT2D eigenvalue weighted by molar-refractivity contribution is 0.634. The average molecular weight is 300 g/mol. The second kappa shape index (κ2) is 5.96. The summed E-state index contributed by atoms with van der Waals surface area (Å²) in [5, 5.41) is 6.65. The molecule has 2 aromatic rings. The Balaban J connectivity index is 0.00000120. The first-order valence-electron chi connectivity index (χ1n) is 5.89. The third kappa shape index (κ3) is 2.82. The Labute approximate surface area is 123 Å². The molecule has 1 N–H and O–H groups in total. The van der Waals surface area contributed by atoms with Crippen LogP contribution in [0, 0.1) is 0 Å². The molecule has 0 aliphatic carbocycles. The minimum absolute atomic E-state index is 0. The maximum absolute atomic E-state index is 6.20. The number of halogens is 2. The fraction of sp³-hybridized carbons (Fsp3) is 0.286. The van der Waals surface area contributed by atoms with Gasteiger partial charge in [0, 0.05) is 21.6 Å². The molecular formula is C14H15Cl2NS. The van der Waals surface area contributed by atoms with Crippen molar-refractivity contribution < 1.29 is 0 Å². The van der Waals surface area contributed by atoms with Gasteiger partial charge in [0.1, 0.15) is 0 Å². The molecule has 0 spiro atoms. The van der Waals surface area contributed by atoms with Crippen LogP contribution >= 0.6 is 35.3 Å². The second-order valence-corrected chi connectivity index (χ2v) is 5.84. The van der Waals surface area contributed by atoms with E-state index in [1.165, 1.54) is 29.0 Å². The summed E-state index contributed by atoms with van der Waals surface area (Å²) in [6, 6.07) is 10.8. The molecule has 1 nitrogen and oxygen atoms in total. The van der Waals surface area contributed by atoms with Gasteiger partial charge in [-0.15, -0.1) is 23.7 Å². The number of fused-ring (bicyclic) bond motifs is 1. The third-order valence-corrected chi connectivity index (χ3v) is 4.60. The molecule has 1 aliphatic heterocycles. The van der Waals surface area contributed by atoms with Gasteiger partial charge in [0.25, 0.3) is 0 Å². The summed E-state index contributed by atoms with van der Waals surface area (Å²) in [6.07, 6.45) is 3.39. The van der Waals surface area contributed by atoms with Gasteiger partial charge < -0.3 is 5.32 Å². The topological polar surface area (TPSA) is 12.0 Å². The molecule has 0 saturated carbocycles. The number of hydrogen-bond acceptors (Lipinski definition) is 2. The Morgan fingerprint density at radius 2 is 2.11 bits per heavy atom. The van der Waals surface area contributed by atoms with Crippen LogP contribution in [0.5, 0.6) is 0 Å². The quantitative estimate of drug-likeness (QED) is 0.840. The third-order valence-electron chi connectivity index (χ3n) is 3.25. The summed E-state index contributed by atoms with van der Waals surface area (Å²) < 4.78 is 0. The predicted molar refractivity (Wildman–Crippen MR) is 82.5 cm³/mol. The van der Waals surface area contributed by atoms with E-state index in [0.717, 1.165) is 11.4 Å². The Bertz CT molecular complexity index is 524. The lowest BCUT2D eigenvalue weighted by atomic mass is 9.98. The number of benzene rings is 1. The molecule has 0 amide bonds. The van der Waals surface area contributed by atoms with Crippen LogP contribution in [0.3, 0.4) is 0 Å². The SMILES string of the molecule is Cl.Clc1ccccc1CC1CCc2sccc2N1. The second-order valence-electron chi connectivity index (χ2n) is 4.43. The molecule has 0 fully saturated rings. The molecule has 1 aromatic carbocycles. The van der Waals surface area contributed by atoms with E-state index < -0.39 is 0 Å². The van der Waals surface area contributed by atoms with Crippen molar-refractivity contribution in [2.24, 2.45) is 0 Å². The van der Waals surface area contributed by atoms with Crippen LogP contribution in [0.1, 0.15) is 16.9 Å². The molecule has 1 aliphatic rings. The van der Waals surface area contributed by atoms with Gasteiger partial charge >= 0.3 is 0 Å². The monoisotopic (exact) mass is 299 g/mol. The Morgan fingerprint density at radius 1 is 1.28 bits per heavy atom. The van der Waals surface area contributed by atoms with Crippen molar-refractivity contribution in [3.8, 4) is 0 Å². The molecule has 4 heteroatoms. The van der Waals surface area contributed by atoms with Crippen LogP contribution in [0.15, 0.2) is 35.7 Å². The molecule has 3 rings (SSSR count). The van der Waals surface area contributed by atoms with Gasteiger partial charge in [0.15, 0.2) is 0 Å². The van der Waals surface area contributed by atoms with E-state index in [9.17, 15) is 0 Å². The van der Waals surface area contributed by atoms with Crippen LogP contribution in [-0.4, -0.2) is 6.04 Å². The van der Waals surface area contributed by atoms with Gasteiger partial charge in [-0.05, 0) is 42.3 Å². The van der Waals surface area contributed by atoms with Crippen LogP contribution in [0.2, 0.25) is 5.02 Å². The van der Waals surface area contributed by atoms with Crippen molar-refractivity contribution in [2.45, 2.75) is 25.3 Å². The smallest absolute Gasteiger partial charge is 0.0483 e. The summed E-state index contributed by atoms with van der Waals surface area (Å²) in [4.78, 5) is 1.49. The number of anilines is 1. The van der Waals surface area contributed by atoms with E-state index in [1.54, 1.807) is 0 Å². The molecule has 0 radical (unpaired) electrons. The molecule has 2 heterocycles. The molecule has 1 unspecified atom stereocenters. The van der Waals surface area contributed by atoms with Gasteiger partial charge in [-0.2, -0.15) is 0 Å². The van der Waals surface area contributed by atoms with Gasteiger partial charge in [0.05, 0.1) is 0 Å². The van der Waals surface area contributed by atoms with Crippen molar-refractivity contribution >= 4 is 41.0 Å². The number of thiophene rings is 1. The van der Waals surface area contributed by atoms with Crippen molar-refractivity contribution in [2.75, 3.05) is 5.32 Å². The van der Waals surface area contributed by atoms with Crippen LogP contribution < -0.4 is 5.32 Å². The van der Waals surface area contributed by atoms with Crippen LogP contribution in [0.25, 0.3) is 0 Å². The Kier molecular flexibility index (Phi) is 4.55. The maximum Gasteiger partial charge on any atom is 0.0483 e. The van der Waals surface area contributed by atoms with E-state index in [4.69, 9.17) is 11.6 Å². The summed E-state index contributed by atoms with van der Waals surface area (Å²) >= 11 is 8.05. The number of hydrogen-bond donors (Lipinski definition) is 1. The zero-order valence-corrected chi connectivity index (χ0v) is 12.2. The number of nitrogens with one attached hydrogen (secondary N) is 1. The highest BCUT2D eigenvalue weighted by Gasteiger charge is 2.19. The molecule has 0 bridgehead atoms. The number of aryl methyl sites for hydroxylation is 1. The summed E-state index contributed by atoms with van der Waals surface area (Å²) in [7, 11) is 0. The van der Waals surface area contributed by atoms with Gasteiger partial charge in [-0.25, -0.2) is 0 Å². The van der Waals surface area contributed by atoms with E-state index in [1.807, 2.05) is 23.5 Å². The fourth-order valence-corrected chi connectivity index (χ4v) is 3.41. The first-order valence-corrected chi connectivity index (χ1v) is 7.15. The Morgan fingerprint density at radius 3 is 2.94 bits per heavy atom. The number of rotatable bonds is 2. The van der Waals surface area contributed by atoms with Crippen molar-refractivity contribution in [1.82, 2.24) is 0 Å². The Hall–Kier alpha value is -0.700. The average Bonchev–Trinajstić information content (AvgIpc) is 2.79. The molecular weight excluding hydrogens is 285 g/mol. The van der Waals surface area contributed by atoms with Crippen molar-refractivity contribution in [1.29, 1.82) is 0 Å². The zero-order chi connectivity index (χ0) is 11.7. The van der Waals surface area contributed by atoms with Crippen LogP contribution in [-0.2, 0) is 12.8 Å². The molecule has 1 atom stereocenters. The van der Waals surface area contributed by atoms with Crippen LogP contribution in [0.4, 0.5) is 5.69 Å². The molecule has 18 heavy (non-hydrogen) atoms. The molecule has 1 aromatic heterocycles. The van der Waals surface area contributed by atoms with E-state index in [2.05, 4.69) is 28.9 Å². The predicted octanol–water partition coefficient (Wildman–Crippen LogP) is 4.79. The minimum atomic E-state index is 0. The first kappa shape index (κ1) is 13.7. The minimum Gasteiger partial charge on any atom is -0.381 e. The van der Waals surface area contributed by atoms with E-state index >= 15 is 0 Å².